The Hall–Kier alpha value is -1.75. The molecule has 0 bridgehead atoms. The first-order valence-corrected chi connectivity index (χ1v) is 9.24. The number of carbonyl (C=O) groups is 2. The summed E-state index contributed by atoms with van der Waals surface area (Å²) in [4.78, 5) is 27.3. The Balaban J connectivity index is 1.95. The van der Waals surface area contributed by atoms with E-state index in [0.29, 0.717) is 18.9 Å². The van der Waals surface area contributed by atoms with Gasteiger partial charge in [0.05, 0.1) is 12.5 Å². The second-order valence-corrected chi connectivity index (χ2v) is 8.30. The molecule has 1 aromatic rings. The van der Waals surface area contributed by atoms with Gasteiger partial charge in [0.15, 0.2) is 0 Å². The molecule has 1 fully saturated rings. The second-order valence-electron chi connectivity index (χ2n) is 7.24. The molecule has 1 aromatic carbocycles. The number of benzene rings is 1. The molecule has 3 rings (SSSR count). The van der Waals surface area contributed by atoms with Crippen molar-refractivity contribution in [2.75, 3.05) is 18.9 Å². The minimum atomic E-state index is -0.512. The topological polar surface area (TPSA) is 46.6 Å². The number of carbonyl (C=O) groups excluding carboxylic acids is 2. The SMILES string of the molecule is CC(C)(C)C1=C[C@@H](c2ccccc2)[C@@H](C(=O)N2CCOC2=O)CS1. The largest absolute Gasteiger partial charge is 0.447 e. The molecular weight excluding hydrogens is 322 g/mol. The Morgan fingerprint density at radius 3 is 2.54 bits per heavy atom. The lowest BCUT2D eigenvalue weighted by Crippen LogP contribution is -2.41. The van der Waals surface area contributed by atoms with E-state index >= 15 is 0 Å². The average Bonchev–Trinajstić information content (AvgIpc) is 2.99. The van der Waals surface area contributed by atoms with Crippen molar-refractivity contribution in [2.45, 2.75) is 26.7 Å². The van der Waals surface area contributed by atoms with E-state index in [2.05, 4.69) is 39.0 Å². The zero-order valence-electron chi connectivity index (χ0n) is 14.3. The fraction of sp³-hybridized carbons (Fsp3) is 0.474. The Morgan fingerprint density at radius 2 is 1.96 bits per heavy atom. The number of rotatable bonds is 2. The number of allylic oxidation sites excluding steroid dienone is 2. The van der Waals surface area contributed by atoms with Crippen LogP contribution in [0.4, 0.5) is 4.79 Å². The van der Waals surface area contributed by atoms with Crippen molar-refractivity contribution in [3.8, 4) is 0 Å². The Kier molecular flexibility index (Phi) is 4.72. The molecule has 1 saturated heterocycles. The predicted molar refractivity (Wildman–Crippen MR) is 95.7 cm³/mol. The number of ether oxygens (including phenoxy) is 1. The lowest BCUT2D eigenvalue weighted by atomic mass is 9.83. The first-order chi connectivity index (χ1) is 11.4. The van der Waals surface area contributed by atoms with Crippen LogP contribution in [-0.2, 0) is 9.53 Å². The van der Waals surface area contributed by atoms with Crippen molar-refractivity contribution in [3.63, 3.8) is 0 Å². The molecule has 2 heterocycles. The first-order valence-electron chi connectivity index (χ1n) is 8.26. The third-order valence-electron chi connectivity index (χ3n) is 4.45. The van der Waals surface area contributed by atoms with E-state index in [9.17, 15) is 9.59 Å². The quantitative estimate of drug-likeness (QED) is 0.811. The van der Waals surface area contributed by atoms with Crippen LogP contribution in [0.2, 0.25) is 0 Å². The van der Waals surface area contributed by atoms with Crippen LogP contribution >= 0.6 is 11.8 Å². The van der Waals surface area contributed by atoms with E-state index in [0.717, 1.165) is 5.56 Å². The normalized spacial score (nSPS) is 24.5. The van der Waals surface area contributed by atoms with Gasteiger partial charge in [-0.1, -0.05) is 57.2 Å². The standard InChI is InChI=1S/C19H23NO3S/c1-19(2,3)16-11-14(13-7-5-4-6-8-13)15(12-24-16)17(21)20-9-10-23-18(20)22/h4-8,11,14-15H,9-10,12H2,1-3H3/t14-,15-/m0/s1. The fourth-order valence-corrected chi connectivity index (χ4v) is 4.48. The van der Waals surface area contributed by atoms with Gasteiger partial charge < -0.3 is 4.74 Å². The summed E-state index contributed by atoms with van der Waals surface area (Å²) in [6.07, 6.45) is 1.70. The van der Waals surface area contributed by atoms with E-state index in [4.69, 9.17) is 4.74 Å². The van der Waals surface area contributed by atoms with Crippen LogP contribution in [0.15, 0.2) is 41.3 Å². The van der Waals surface area contributed by atoms with Gasteiger partial charge in [-0.25, -0.2) is 9.69 Å². The van der Waals surface area contributed by atoms with Crippen molar-refractivity contribution < 1.29 is 14.3 Å². The number of nitrogens with zero attached hydrogens (tertiary/aromatic N) is 1. The Labute approximate surface area is 147 Å². The van der Waals surface area contributed by atoms with Gasteiger partial charge in [-0.05, 0) is 15.9 Å². The molecule has 24 heavy (non-hydrogen) atoms. The van der Waals surface area contributed by atoms with Crippen molar-refractivity contribution in [2.24, 2.45) is 11.3 Å². The maximum absolute atomic E-state index is 12.9. The molecule has 0 saturated carbocycles. The lowest BCUT2D eigenvalue weighted by Gasteiger charge is -2.35. The van der Waals surface area contributed by atoms with Crippen LogP contribution in [0.5, 0.6) is 0 Å². The number of cyclic esters (lactones) is 1. The van der Waals surface area contributed by atoms with E-state index in [1.54, 1.807) is 11.8 Å². The van der Waals surface area contributed by atoms with E-state index in [1.807, 2.05) is 18.2 Å². The smallest absolute Gasteiger partial charge is 0.416 e. The average molecular weight is 345 g/mol. The Morgan fingerprint density at radius 1 is 1.25 bits per heavy atom. The zero-order chi connectivity index (χ0) is 17.3. The van der Waals surface area contributed by atoms with Crippen LogP contribution < -0.4 is 0 Å². The third kappa shape index (κ3) is 3.36. The van der Waals surface area contributed by atoms with Gasteiger partial charge >= 0.3 is 6.09 Å². The summed E-state index contributed by atoms with van der Waals surface area (Å²) in [5, 5.41) is 0. The van der Waals surface area contributed by atoms with Gasteiger partial charge in [-0.2, -0.15) is 0 Å². The monoisotopic (exact) mass is 345 g/mol. The molecule has 128 valence electrons. The second kappa shape index (κ2) is 6.63. The van der Waals surface area contributed by atoms with Crippen molar-refractivity contribution in [1.29, 1.82) is 0 Å². The number of hydrogen-bond donors (Lipinski definition) is 0. The van der Waals surface area contributed by atoms with Gasteiger partial charge in [0.25, 0.3) is 0 Å². The molecule has 2 aliphatic heterocycles. The molecule has 5 heteroatoms. The third-order valence-corrected chi connectivity index (χ3v) is 6.04. The fourth-order valence-electron chi connectivity index (χ4n) is 3.10. The van der Waals surface area contributed by atoms with Crippen LogP contribution in [0.1, 0.15) is 32.3 Å². The molecule has 0 spiro atoms. The summed E-state index contributed by atoms with van der Waals surface area (Å²) in [6.45, 7) is 7.22. The molecule has 0 unspecified atom stereocenters. The van der Waals surface area contributed by atoms with Gasteiger partial charge in [0, 0.05) is 11.7 Å². The molecule has 2 aliphatic rings. The van der Waals surface area contributed by atoms with Crippen LogP contribution in [-0.4, -0.2) is 35.8 Å². The predicted octanol–water partition coefficient (Wildman–Crippen LogP) is 4.04. The highest BCUT2D eigenvalue weighted by Crippen LogP contribution is 2.45. The van der Waals surface area contributed by atoms with E-state index in [-0.39, 0.29) is 23.2 Å². The lowest BCUT2D eigenvalue weighted by molar-refractivity contribution is -0.131. The highest BCUT2D eigenvalue weighted by atomic mass is 32.2. The summed E-state index contributed by atoms with van der Waals surface area (Å²) in [7, 11) is 0. The number of amides is 2. The first kappa shape index (κ1) is 17.1. The number of imide groups is 1. The summed E-state index contributed by atoms with van der Waals surface area (Å²) in [5.74, 6) is 0.311. The maximum atomic E-state index is 12.9. The molecule has 0 aromatic heterocycles. The highest BCUT2D eigenvalue weighted by molar-refractivity contribution is 8.03. The summed E-state index contributed by atoms with van der Waals surface area (Å²) < 4.78 is 4.94. The maximum Gasteiger partial charge on any atom is 0.416 e. The molecule has 4 nitrogen and oxygen atoms in total. The van der Waals surface area contributed by atoms with Gasteiger partial charge in [-0.15, -0.1) is 11.8 Å². The molecule has 0 N–H and O–H groups in total. The minimum absolute atomic E-state index is 0.0115. The highest BCUT2D eigenvalue weighted by Gasteiger charge is 2.40. The van der Waals surface area contributed by atoms with E-state index in [1.165, 1.54) is 9.81 Å². The van der Waals surface area contributed by atoms with Gasteiger partial charge in [0.1, 0.15) is 6.61 Å². The number of hydrogen-bond acceptors (Lipinski definition) is 4. The molecule has 0 radical (unpaired) electrons. The van der Waals surface area contributed by atoms with Gasteiger partial charge in [0.2, 0.25) is 5.91 Å². The number of thioether (sulfide) groups is 1. The van der Waals surface area contributed by atoms with Crippen molar-refractivity contribution in [3.05, 3.63) is 46.9 Å². The molecule has 0 aliphatic carbocycles. The summed E-state index contributed by atoms with van der Waals surface area (Å²) in [5.41, 5.74) is 1.17. The minimum Gasteiger partial charge on any atom is -0.447 e. The zero-order valence-corrected chi connectivity index (χ0v) is 15.1. The molecular formula is C19H23NO3S. The van der Waals surface area contributed by atoms with Gasteiger partial charge in [-0.3, -0.25) is 4.79 Å². The van der Waals surface area contributed by atoms with Crippen LogP contribution in [0.25, 0.3) is 0 Å². The summed E-state index contributed by atoms with van der Waals surface area (Å²) >= 11 is 1.73. The van der Waals surface area contributed by atoms with Crippen molar-refractivity contribution in [1.82, 2.24) is 4.90 Å². The molecule has 2 amide bonds. The van der Waals surface area contributed by atoms with Crippen LogP contribution in [0.3, 0.4) is 0 Å². The van der Waals surface area contributed by atoms with E-state index < -0.39 is 6.09 Å². The molecule has 2 atom stereocenters. The van der Waals surface area contributed by atoms with Crippen molar-refractivity contribution >= 4 is 23.8 Å². The van der Waals surface area contributed by atoms with Crippen LogP contribution in [0, 0.1) is 11.3 Å². The summed E-state index contributed by atoms with van der Waals surface area (Å²) in [6, 6.07) is 10.1. The Bertz CT molecular complexity index is 663.